The van der Waals surface area contributed by atoms with Crippen molar-refractivity contribution < 1.29 is 14.4 Å². The van der Waals surface area contributed by atoms with E-state index in [1.165, 1.54) is 6.92 Å². The fourth-order valence-corrected chi connectivity index (χ4v) is 4.73. The third-order valence-electron chi connectivity index (χ3n) is 6.58. The van der Waals surface area contributed by atoms with Gasteiger partial charge in [-0.25, -0.2) is 0 Å². The van der Waals surface area contributed by atoms with Gasteiger partial charge in [0.1, 0.15) is 12.6 Å². The Bertz CT molecular complexity index is 1420. The van der Waals surface area contributed by atoms with Gasteiger partial charge in [-0.3, -0.25) is 19.4 Å². The summed E-state index contributed by atoms with van der Waals surface area (Å²) in [4.78, 5) is 44.3. The SMILES string of the molecule is CC(=O)c1cn(CC(=O)N2CCC[C@H]2C(=O)NCc2ccncc2)c2ccc(-c3ccnnc3)cc12. The molecule has 36 heavy (non-hydrogen) atoms. The Morgan fingerprint density at radius 1 is 1.03 bits per heavy atom. The fraction of sp³-hybridized carbons (Fsp3) is 0.259. The van der Waals surface area contributed by atoms with E-state index in [1.54, 1.807) is 40.5 Å². The highest BCUT2D eigenvalue weighted by atomic mass is 16.2. The van der Waals surface area contributed by atoms with E-state index in [9.17, 15) is 14.4 Å². The van der Waals surface area contributed by atoms with Crippen LogP contribution in [0.3, 0.4) is 0 Å². The summed E-state index contributed by atoms with van der Waals surface area (Å²) in [5, 5.41) is 11.5. The number of fused-ring (bicyclic) bond motifs is 1. The van der Waals surface area contributed by atoms with Crippen LogP contribution in [0.5, 0.6) is 0 Å². The van der Waals surface area contributed by atoms with Gasteiger partial charge < -0.3 is 14.8 Å². The van der Waals surface area contributed by atoms with Crippen molar-refractivity contribution in [2.24, 2.45) is 0 Å². The number of ketones is 1. The third kappa shape index (κ3) is 4.72. The predicted molar refractivity (Wildman–Crippen MR) is 134 cm³/mol. The number of nitrogens with zero attached hydrogens (tertiary/aromatic N) is 5. The molecule has 1 N–H and O–H groups in total. The van der Waals surface area contributed by atoms with Crippen LogP contribution in [0.25, 0.3) is 22.0 Å². The molecule has 2 amide bonds. The third-order valence-corrected chi connectivity index (χ3v) is 6.58. The number of amides is 2. The van der Waals surface area contributed by atoms with Crippen molar-refractivity contribution in [2.75, 3.05) is 6.54 Å². The van der Waals surface area contributed by atoms with Crippen molar-refractivity contribution in [3.8, 4) is 11.1 Å². The van der Waals surface area contributed by atoms with Gasteiger partial charge in [-0.2, -0.15) is 10.2 Å². The van der Waals surface area contributed by atoms with E-state index in [0.29, 0.717) is 25.1 Å². The predicted octanol–water partition coefficient (Wildman–Crippen LogP) is 3.00. The Hall–Kier alpha value is -4.40. The first-order valence-electron chi connectivity index (χ1n) is 11.9. The Balaban J connectivity index is 1.35. The number of carbonyl (C=O) groups excluding carboxylic acids is 3. The zero-order valence-corrected chi connectivity index (χ0v) is 19.9. The van der Waals surface area contributed by atoms with Crippen LogP contribution in [0.2, 0.25) is 0 Å². The molecule has 0 spiro atoms. The van der Waals surface area contributed by atoms with Crippen LogP contribution in [0.1, 0.15) is 35.7 Å². The number of carbonyl (C=O) groups is 3. The van der Waals surface area contributed by atoms with Crippen LogP contribution in [0.15, 0.2) is 67.4 Å². The minimum absolute atomic E-state index is 0.0497. The Labute approximate surface area is 208 Å². The molecule has 182 valence electrons. The van der Waals surface area contributed by atoms with Gasteiger partial charge >= 0.3 is 0 Å². The molecule has 0 unspecified atom stereocenters. The van der Waals surface area contributed by atoms with E-state index in [0.717, 1.165) is 34.0 Å². The molecule has 4 aromatic rings. The number of hydrogen-bond acceptors (Lipinski definition) is 6. The molecule has 4 heterocycles. The van der Waals surface area contributed by atoms with Crippen molar-refractivity contribution in [1.29, 1.82) is 0 Å². The van der Waals surface area contributed by atoms with Crippen LogP contribution in [0, 0.1) is 0 Å². The maximum atomic E-state index is 13.3. The number of Topliss-reactive ketones (excluding diaryl/α,β-unsaturated/α-hetero) is 1. The standard InChI is InChI=1S/C27H26N6O3/c1-18(34)23-16-32(24-5-4-20(13-22(23)24)21-8-11-30-31-15-21)17-26(35)33-12-2-3-25(33)27(36)29-14-19-6-9-28-10-7-19/h4-11,13,15-16,25H,2-3,12,14,17H2,1H3,(H,29,36)/t25-/m0/s1. The summed E-state index contributed by atoms with van der Waals surface area (Å²) >= 11 is 0. The molecule has 1 saturated heterocycles. The second-order valence-corrected chi connectivity index (χ2v) is 8.91. The topological polar surface area (TPSA) is 110 Å². The zero-order chi connectivity index (χ0) is 25.1. The van der Waals surface area contributed by atoms with Gasteiger partial charge in [0, 0.05) is 53.7 Å². The molecule has 9 nitrogen and oxygen atoms in total. The minimum Gasteiger partial charge on any atom is -0.350 e. The summed E-state index contributed by atoms with van der Waals surface area (Å²) in [6.07, 6.45) is 9.78. The average Bonchev–Trinajstić information content (AvgIpc) is 3.54. The molecule has 1 atom stereocenters. The number of aromatic nitrogens is 4. The number of rotatable bonds is 7. The number of benzene rings is 1. The maximum Gasteiger partial charge on any atom is 0.243 e. The minimum atomic E-state index is -0.501. The largest absolute Gasteiger partial charge is 0.350 e. The van der Waals surface area contributed by atoms with Gasteiger partial charge in [0.2, 0.25) is 11.8 Å². The summed E-state index contributed by atoms with van der Waals surface area (Å²) in [6, 6.07) is 10.8. The Morgan fingerprint density at radius 3 is 2.61 bits per heavy atom. The van der Waals surface area contributed by atoms with Crippen LogP contribution in [0.4, 0.5) is 0 Å². The lowest BCUT2D eigenvalue weighted by Gasteiger charge is -2.24. The molecular formula is C27H26N6O3. The van der Waals surface area contributed by atoms with Crippen molar-refractivity contribution in [2.45, 2.75) is 38.9 Å². The monoisotopic (exact) mass is 482 g/mol. The normalized spacial score (nSPS) is 15.2. The summed E-state index contributed by atoms with van der Waals surface area (Å²) in [5.41, 5.74) is 4.09. The highest BCUT2D eigenvalue weighted by Crippen LogP contribution is 2.28. The van der Waals surface area contributed by atoms with E-state index >= 15 is 0 Å². The maximum absolute atomic E-state index is 13.3. The molecule has 9 heteroatoms. The highest BCUT2D eigenvalue weighted by Gasteiger charge is 2.34. The average molecular weight is 483 g/mol. The van der Waals surface area contributed by atoms with Crippen molar-refractivity contribution in [1.82, 2.24) is 30.0 Å². The number of pyridine rings is 1. The lowest BCUT2D eigenvalue weighted by molar-refractivity contribution is -0.138. The summed E-state index contributed by atoms with van der Waals surface area (Å²) < 4.78 is 1.80. The van der Waals surface area contributed by atoms with Crippen molar-refractivity contribution in [3.63, 3.8) is 0 Å². The Morgan fingerprint density at radius 2 is 1.86 bits per heavy atom. The smallest absolute Gasteiger partial charge is 0.243 e. The zero-order valence-electron chi connectivity index (χ0n) is 19.9. The molecule has 1 aliphatic rings. The van der Waals surface area contributed by atoms with Gasteiger partial charge in [0.15, 0.2) is 5.78 Å². The van der Waals surface area contributed by atoms with Gasteiger partial charge in [0.05, 0.1) is 12.4 Å². The quantitative estimate of drug-likeness (QED) is 0.406. The summed E-state index contributed by atoms with van der Waals surface area (Å²) in [7, 11) is 0. The van der Waals surface area contributed by atoms with Gasteiger partial charge in [0.25, 0.3) is 0 Å². The Kier molecular flexibility index (Phi) is 6.53. The second-order valence-electron chi connectivity index (χ2n) is 8.91. The molecule has 0 radical (unpaired) electrons. The first kappa shape index (κ1) is 23.3. The van der Waals surface area contributed by atoms with E-state index in [-0.39, 0.29) is 24.1 Å². The molecule has 1 aromatic carbocycles. The van der Waals surface area contributed by atoms with E-state index in [4.69, 9.17) is 0 Å². The number of nitrogens with one attached hydrogen (secondary N) is 1. The van der Waals surface area contributed by atoms with E-state index in [1.807, 2.05) is 36.4 Å². The van der Waals surface area contributed by atoms with Crippen LogP contribution in [-0.4, -0.2) is 54.8 Å². The van der Waals surface area contributed by atoms with Crippen LogP contribution >= 0.6 is 0 Å². The highest BCUT2D eigenvalue weighted by molar-refractivity contribution is 6.08. The second kappa shape index (κ2) is 10.1. The molecule has 3 aromatic heterocycles. The van der Waals surface area contributed by atoms with Gasteiger partial charge in [-0.15, -0.1) is 0 Å². The molecule has 0 aliphatic carbocycles. The molecule has 1 aliphatic heterocycles. The fourth-order valence-electron chi connectivity index (χ4n) is 4.73. The van der Waals surface area contributed by atoms with Crippen LogP contribution in [-0.2, 0) is 22.7 Å². The van der Waals surface area contributed by atoms with Gasteiger partial charge in [-0.1, -0.05) is 6.07 Å². The first-order chi connectivity index (χ1) is 17.5. The van der Waals surface area contributed by atoms with Crippen LogP contribution < -0.4 is 5.32 Å². The lowest BCUT2D eigenvalue weighted by Crippen LogP contribution is -2.46. The molecular weight excluding hydrogens is 456 g/mol. The number of hydrogen-bond donors (Lipinski definition) is 1. The molecule has 1 fully saturated rings. The van der Waals surface area contributed by atoms with Crippen molar-refractivity contribution >= 4 is 28.5 Å². The first-order valence-corrected chi connectivity index (χ1v) is 11.9. The van der Waals surface area contributed by atoms with E-state index in [2.05, 4.69) is 20.5 Å². The molecule has 0 saturated carbocycles. The molecule has 0 bridgehead atoms. The summed E-state index contributed by atoms with van der Waals surface area (Å²) in [6.45, 7) is 2.49. The summed E-state index contributed by atoms with van der Waals surface area (Å²) in [5.74, 6) is -0.383. The van der Waals surface area contributed by atoms with Crippen molar-refractivity contribution in [3.05, 3.63) is 78.5 Å². The molecule has 5 rings (SSSR count). The lowest BCUT2D eigenvalue weighted by atomic mass is 10.0. The van der Waals surface area contributed by atoms with Gasteiger partial charge in [-0.05, 0) is 61.2 Å². The van der Waals surface area contributed by atoms with E-state index < -0.39 is 6.04 Å². The number of likely N-dealkylation sites (tertiary alicyclic amines) is 1.